The van der Waals surface area contributed by atoms with E-state index in [1.54, 1.807) is 24.5 Å². The molecule has 104 valence electrons. The highest BCUT2D eigenvalue weighted by Crippen LogP contribution is 2.17. The number of carbonyl (C=O) groups is 1. The normalized spacial score (nSPS) is 12.1. The van der Waals surface area contributed by atoms with Gasteiger partial charge < -0.3 is 5.11 Å². The van der Waals surface area contributed by atoms with Gasteiger partial charge in [0.25, 0.3) is 0 Å². The molecule has 1 aromatic carbocycles. The first kappa shape index (κ1) is 14.1. The molecule has 1 heterocycles. The van der Waals surface area contributed by atoms with E-state index in [0.29, 0.717) is 0 Å². The molecular formula is C14H12F2N2O2. The number of nitrogens with zero attached hydrogens (tertiary/aromatic N) is 1. The Bertz CT molecular complexity index is 605. The fourth-order valence-electron chi connectivity index (χ4n) is 1.76. The maximum atomic E-state index is 13.2. The fourth-order valence-corrected chi connectivity index (χ4v) is 1.76. The number of nitrogens with one attached hydrogen (secondary N) is 1. The zero-order valence-corrected chi connectivity index (χ0v) is 10.4. The molecular weight excluding hydrogens is 266 g/mol. The van der Waals surface area contributed by atoms with E-state index in [1.165, 1.54) is 6.07 Å². The predicted octanol–water partition coefficient (Wildman–Crippen LogP) is 2.28. The summed E-state index contributed by atoms with van der Waals surface area (Å²) < 4.78 is 26.0. The minimum Gasteiger partial charge on any atom is -0.480 e. The van der Waals surface area contributed by atoms with Gasteiger partial charge in [-0.3, -0.25) is 15.1 Å². The molecule has 0 radical (unpaired) electrons. The molecule has 0 bridgehead atoms. The Morgan fingerprint density at radius 3 is 2.70 bits per heavy atom. The van der Waals surface area contributed by atoms with Crippen LogP contribution in [0.2, 0.25) is 0 Å². The van der Waals surface area contributed by atoms with Gasteiger partial charge in [-0.1, -0.05) is 12.1 Å². The van der Waals surface area contributed by atoms with Crippen LogP contribution in [0, 0.1) is 11.6 Å². The monoisotopic (exact) mass is 278 g/mol. The van der Waals surface area contributed by atoms with Gasteiger partial charge in [-0.15, -0.1) is 0 Å². The molecule has 20 heavy (non-hydrogen) atoms. The maximum Gasteiger partial charge on any atom is 0.325 e. The van der Waals surface area contributed by atoms with E-state index in [9.17, 15) is 18.7 Å². The van der Waals surface area contributed by atoms with Gasteiger partial charge in [0, 0.05) is 18.9 Å². The highest BCUT2D eigenvalue weighted by atomic mass is 19.2. The van der Waals surface area contributed by atoms with Crippen molar-refractivity contribution >= 4 is 5.97 Å². The number of benzene rings is 1. The van der Waals surface area contributed by atoms with E-state index in [2.05, 4.69) is 10.3 Å². The molecule has 0 spiro atoms. The number of pyridine rings is 1. The molecule has 0 aliphatic rings. The van der Waals surface area contributed by atoms with Crippen LogP contribution >= 0.6 is 0 Å². The third-order valence-corrected chi connectivity index (χ3v) is 2.76. The molecule has 6 heteroatoms. The smallest absolute Gasteiger partial charge is 0.325 e. The highest BCUT2D eigenvalue weighted by molar-refractivity contribution is 5.75. The van der Waals surface area contributed by atoms with E-state index in [-0.39, 0.29) is 12.1 Å². The molecule has 1 aromatic heterocycles. The molecule has 1 unspecified atom stereocenters. The molecule has 0 saturated carbocycles. The van der Waals surface area contributed by atoms with Crippen LogP contribution < -0.4 is 5.32 Å². The Hall–Kier alpha value is -2.34. The molecule has 0 aliphatic heterocycles. The van der Waals surface area contributed by atoms with Crippen molar-refractivity contribution in [1.29, 1.82) is 0 Å². The Balaban J connectivity index is 2.15. The fraction of sp³-hybridized carbons (Fsp3) is 0.143. The molecule has 2 N–H and O–H groups in total. The summed E-state index contributed by atoms with van der Waals surface area (Å²) in [6.45, 7) is 0.254. The summed E-state index contributed by atoms with van der Waals surface area (Å²) in [5, 5.41) is 11.9. The van der Waals surface area contributed by atoms with Gasteiger partial charge >= 0.3 is 5.97 Å². The van der Waals surface area contributed by atoms with E-state index in [4.69, 9.17) is 0 Å². The predicted molar refractivity (Wildman–Crippen MR) is 67.8 cm³/mol. The van der Waals surface area contributed by atoms with Gasteiger partial charge in [0.15, 0.2) is 11.6 Å². The van der Waals surface area contributed by atoms with Crippen LogP contribution in [-0.2, 0) is 11.3 Å². The molecule has 0 amide bonds. The van der Waals surface area contributed by atoms with Crippen molar-refractivity contribution < 1.29 is 18.7 Å². The number of carboxylic acids is 1. The standard InChI is InChI=1S/C14H12F2N2O2/c15-11-4-3-10(6-12(11)16)13(14(19)20)18-8-9-2-1-5-17-7-9/h1-7,13,18H,8H2,(H,19,20). The van der Waals surface area contributed by atoms with Crippen LogP contribution in [-0.4, -0.2) is 16.1 Å². The topological polar surface area (TPSA) is 62.2 Å². The summed E-state index contributed by atoms with van der Waals surface area (Å²) in [4.78, 5) is 15.1. The van der Waals surface area contributed by atoms with Crippen molar-refractivity contribution in [3.8, 4) is 0 Å². The van der Waals surface area contributed by atoms with E-state index >= 15 is 0 Å². The second-order valence-corrected chi connectivity index (χ2v) is 4.19. The van der Waals surface area contributed by atoms with Crippen molar-refractivity contribution in [2.75, 3.05) is 0 Å². The second kappa shape index (κ2) is 6.21. The van der Waals surface area contributed by atoms with Crippen LogP contribution in [0.15, 0.2) is 42.7 Å². The third-order valence-electron chi connectivity index (χ3n) is 2.76. The minimum absolute atomic E-state index is 0.153. The second-order valence-electron chi connectivity index (χ2n) is 4.19. The highest BCUT2D eigenvalue weighted by Gasteiger charge is 2.20. The van der Waals surface area contributed by atoms with Crippen molar-refractivity contribution in [2.45, 2.75) is 12.6 Å². The summed E-state index contributed by atoms with van der Waals surface area (Å²) in [6, 6.07) is 5.42. The summed E-state index contributed by atoms with van der Waals surface area (Å²) in [5.74, 6) is -3.25. The van der Waals surface area contributed by atoms with E-state index < -0.39 is 23.6 Å². The van der Waals surface area contributed by atoms with Gasteiger partial charge in [0.2, 0.25) is 0 Å². The molecule has 0 fully saturated rings. The first-order valence-corrected chi connectivity index (χ1v) is 5.88. The number of halogens is 2. The molecule has 0 aliphatic carbocycles. The quantitative estimate of drug-likeness (QED) is 0.880. The Morgan fingerprint density at radius 2 is 2.10 bits per heavy atom. The Kier molecular flexibility index (Phi) is 4.37. The van der Waals surface area contributed by atoms with Crippen molar-refractivity contribution in [2.24, 2.45) is 0 Å². The summed E-state index contributed by atoms with van der Waals surface area (Å²) in [5.41, 5.74) is 0.946. The lowest BCUT2D eigenvalue weighted by atomic mass is 10.1. The number of hydrogen-bond donors (Lipinski definition) is 2. The number of hydrogen-bond acceptors (Lipinski definition) is 3. The Labute approximate surface area is 114 Å². The number of aliphatic carboxylic acids is 1. The lowest BCUT2D eigenvalue weighted by molar-refractivity contribution is -0.139. The van der Waals surface area contributed by atoms with Crippen molar-refractivity contribution in [1.82, 2.24) is 10.3 Å². The van der Waals surface area contributed by atoms with Gasteiger partial charge in [-0.25, -0.2) is 8.78 Å². The van der Waals surface area contributed by atoms with Gasteiger partial charge in [0.05, 0.1) is 0 Å². The first-order valence-electron chi connectivity index (χ1n) is 5.88. The van der Waals surface area contributed by atoms with Crippen LogP contribution in [0.25, 0.3) is 0 Å². The van der Waals surface area contributed by atoms with Gasteiger partial charge in [-0.2, -0.15) is 0 Å². The third kappa shape index (κ3) is 3.36. The zero-order valence-electron chi connectivity index (χ0n) is 10.4. The lowest BCUT2D eigenvalue weighted by Crippen LogP contribution is -2.28. The summed E-state index contributed by atoms with van der Waals surface area (Å²) in [6.07, 6.45) is 3.20. The summed E-state index contributed by atoms with van der Waals surface area (Å²) in [7, 11) is 0. The van der Waals surface area contributed by atoms with Crippen molar-refractivity contribution in [3.63, 3.8) is 0 Å². The SMILES string of the molecule is O=C(O)C(NCc1cccnc1)c1ccc(F)c(F)c1. The van der Waals surface area contributed by atoms with Crippen LogP contribution in [0.4, 0.5) is 8.78 Å². The van der Waals surface area contributed by atoms with Gasteiger partial charge in [-0.05, 0) is 29.3 Å². The lowest BCUT2D eigenvalue weighted by Gasteiger charge is -2.15. The van der Waals surface area contributed by atoms with Crippen LogP contribution in [0.5, 0.6) is 0 Å². The molecule has 0 saturated heterocycles. The largest absolute Gasteiger partial charge is 0.480 e. The van der Waals surface area contributed by atoms with Gasteiger partial charge in [0.1, 0.15) is 6.04 Å². The Morgan fingerprint density at radius 1 is 1.30 bits per heavy atom. The minimum atomic E-state index is -1.17. The molecule has 2 aromatic rings. The number of carboxylic acid groups (broad SMARTS) is 1. The molecule has 2 rings (SSSR count). The van der Waals surface area contributed by atoms with E-state index in [0.717, 1.165) is 17.7 Å². The number of rotatable bonds is 5. The average molecular weight is 278 g/mol. The molecule has 1 atom stereocenters. The van der Waals surface area contributed by atoms with Crippen LogP contribution in [0.3, 0.4) is 0 Å². The first-order chi connectivity index (χ1) is 9.58. The molecule has 4 nitrogen and oxygen atoms in total. The maximum absolute atomic E-state index is 13.2. The average Bonchev–Trinajstić information content (AvgIpc) is 2.43. The zero-order chi connectivity index (χ0) is 14.5. The summed E-state index contributed by atoms with van der Waals surface area (Å²) >= 11 is 0. The number of aromatic nitrogens is 1. The van der Waals surface area contributed by atoms with Crippen LogP contribution in [0.1, 0.15) is 17.2 Å². The van der Waals surface area contributed by atoms with E-state index in [1.807, 2.05) is 0 Å². The van der Waals surface area contributed by atoms with Crippen molar-refractivity contribution in [3.05, 3.63) is 65.5 Å².